The predicted octanol–water partition coefficient (Wildman–Crippen LogP) is -1.20. The zero-order chi connectivity index (χ0) is 25.2. The number of aliphatic hydroxyl groups is 1. The van der Waals surface area contributed by atoms with Crippen molar-refractivity contribution in [3.8, 4) is 0 Å². The summed E-state index contributed by atoms with van der Waals surface area (Å²) < 4.78 is 0. The quantitative estimate of drug-likeness (QED) is 0.166. The monoisotopic (exact) mass is 460 g/mol. The van der Waals surface area contributed by atoms with Crippen LogP contribution in [0.4, 0.5) is 0 Å². The van der Waals surface area contributed by atoms with Crippen molar-refractivity contribution in [3.05, 3.63) is 0 Å². The fraction of sp³-hybridized carbons (Fsp3) is 0.750. The summed E-state index contributed by atoms with van der Waals surface area (Å²) in [7, 11) is 0. The average Bonchev–Trinajstić information content (AvgIpc) is 2.70. The van der Waals surface area contributed by atoms with E-state index in [0.29, 0.717) is 6.42 Å². The molecule has 0 saturated heterocycles. The number of aliphatic carboxylic acids is 2. The summed E-state index contributed by atoms with van der Waals surface area (Å²) in [4.78, 5) is 59.8. The van der Waals surface area contributed by atoms with Crippen LogP contribution < -0.4 is 21.7 Å². The Balaban J connectivity index is 5.44. The summed E-state index contributed by atoms with van der Waals surface area (Å²) >= 11 is 0. The molecule has 6 atom stereocenters. The fourth-order valence-corrected chi connectivity index (χ4v) is 2.78. The molecular weight excluding hydrogens is 424 g/mol. The number of carbonyl (C=O) groups excluding carboxylic acids is 3. The van der Waals surface area contributed by atoms with E-state index in [1.54, 1.807) is 27.7 Å². The van der Waals surface area contributed by atoms with Gasteiger partial charge in [0.2, 0.25) is 17.7 Å². The molecule has 3 amide bonds. The number of nitrogens with two attached hydrogens (primary N) is 1. The topological polar surface area (TPSA) is 208 Å². The molecule has 0 spiro atoms. The molecule has 0 bridgehead atoms. The standard InChI is InChI=1S/C20H36N4O8/c1-6-10(4)15(23-17(28)12(21)7-8-13(26)27)19(30)22-14(9(2)3)18(29)24-16(11(5)25)20(31)32/h9-12,14-16,25H,6-8,21H2,1-5H3,(H,22,30)(H,23,28)(H,24,29)(H,26,27)(H,31,32). The number of carboxylic acids is 2. The molecule has 0 aliphatic heterocycles. The molecule has 12 heteroatoms. The van der Waals surface area contributed by atoms with Crippen LogP contribution in [0, 0.1) is 11.8 Å². The van der Waals surface area contributed by atoms with E-state index in [4.69, 9.17) is 15.9 Å². The van der Waals surface area contributed by atoms with Crippen LogP contribution in [0.5, 0.6) is 0 Å². The summed E-state index contributed by atoms with van der Waals surface area (Å²) in [5, 5.41) is 34.7. The van der Waals surface area contributed by atoms with E-state index in [0.717, 1.165) is 0 Å². The maximum Gasteiger partial charge on any atom is 0.328 e. The molecule has 0 saturated carbocycles. The minimum Gasteiger partial charge on any atom is -0.481 e. The maximum atomic E-state index is 12.9. The van der Waals surface area contributed by atoms with Crippen LogP contribution >= 0.6 is 0 Å². The van der Waals surface area contributed by atoms with Gasteiger partial charge in [0.15, 0.2) is 6.04 Å². The SMILES string of the molecule is CCC(C)C(NC(=O)C(N)CCC(=O)O)C(=O)NC(C(=O)NC(C(=O)O)C(C)O)C(C)C. The lowest BCUT2D eigenvalue weighted by Gasteiger charge is -2.29. The third kappa shape index (κ3) is 9.60. The lowest BCUT2D eigenvalue weighted by atomic mass is 9.95. The zero-order valence-electron chi connectivity index (χ0n) is 19.1. The summed E-state index contributed by atoms with van der Waals surface area (Å²) in [5.74, 6) is -5.48. The molecule has 0 aromatic heterocycles. The molecule has 32 heavy (non-hydrogen) atoms. The van der Waals surface area contributed by atoms with Crippen LogP contribution in [0.15, 0.2) is 0 Å². The number of hydrogen-bond acceptors (Lipinski definition) is 7. The average molecular weight is 461 g/mol. The van der Waals surface area contributed by atoms with E-state index < -0.39 is 65.8 Å². The van der Waals surface area contributed by atoms with Crippen molar-refractivity contribution in [2.45, 2.75) is 84.2 Å². The van der Waals surface area contributed by atoms with E-state index in [2.05, 4.69) is 16.0 Å². The maximum absolute atomic E-state index is 12.9. The molecular formula is C20H36N4O8. The number of aliphatic hydroxyl groups excluding tert-OH is 1. The Bertz CT molecular complexity index is 683. The van der Waals surface area contributed by atoms with E-state index in [1.807, 2.05) is 0 Å². The van der Waals surface area contributed by atoms with Gasteiger partial charge in [-0.15, -0.1) is 0 Å². The van der Waals surface area contributed by atoms with Crippen molar-refractivity contribution in [2.75, 3.05) is 0 Å². The second kappa shape index (κ2) is 13.6. The first-order valence-electron chi connectivity index (χ1n) is 10.5. The molecule has 0 heterocycles. The minimum atomic E-state index is -1.56. The highest BCUT2D eigenvalue weighted by Gasteiger charge is 2.34. The molecule has 0 fully saturated rings. The molecule has 0 aliphatic carbocycles. The molecule has 0 rings (SSSR count). The minimum absolute atomic E-state index is 0.108. The Labute approximate surface area is 187 Å². The molecule has 0 aromatic rings. The number of carboxylic acid groups (broad SMARTS) is 2. The van der Waals surface area contributed by atoms with Crippen molar-refractivity contribution < 1.29 is 39.3 Å². The van der Waals surface area contributed by atoms with Gasteiger partial charge in [-0.3, -0.25) is 19.2 Å². The second-order valence-electron chi connectivity index (χ2n) is 8.21. The third-order valence-corrected chi connectivity index (χ3v) is 5.09. The second-order valence-corrected chi connectivity index (χ2v) is 8.21. The molecule has 184 valence electrons. The number of rotatable bonds is 14. The van der Waals surface area contributed by atoms with Crippen molar-refractivity contribution in [1.29, 1.82) is 0 Å². The van der Waals surface area contributed by atoms with Gasteiger partial charge in [-0.25, -0.2) is 4.79 Å². The number of nitrogens with one attached hydrogen (secondary N) is 3. The van der Waals surface area contributed by atoms with Gasteiger partial charge in [0.1, 0.15) is 12.1 Å². The normalized spacial score (nSPS) is 16.8. The Hall–Kier alpha value is -2.73. The van der Waals surface area contributed by atoms with E-state index in [-0.39, 0.29) is 18.8 Å². The first-order valence-corrected chi connectivity index (χ1v) is 10.5. The third-order valence-electron chi connectivity index (χ3n) is 5.09. The Morgan fingerprint density at radius 3 is 1.69 bits per heavy atom. The van der Waals surface area contributed by atoms with Gasteiger partial charge in [-0.1, -0.05) is 34.1 Å². The summed E-state index contributed by atoms with van der Waals surface area (Å²) in [5.41, 5.74) is 5.71. The molecule has 0 aliphatic rings. The van der Waals surface area contributed by atoms with E-state index in [9.17, 15) is 29.1 Å². The van der Waals surface area contributed by atoms with Crippen molar-refractivity contribution >= 4 is 29.7 Å². The highest BCUT2D eigenvalue weighted by Crippen LogP contribution is 2.11. The fourth-order valence-electron chi connectivity index (χ4n) is 2.78. The first-order chi connectivity index (χ1) is 14.7. The lowest BCUT2D eigenvalue weighted by Crippen LogP contribution is -2.60. The highest BCUT2D eigenvalue weighted by atomic mass is 16.4. The molecule has 0 radical (unpaired) electrons. The van der Waals surface area contributed by atoms with Crippen LogP contribution in [0.3, 0.4) is 0 Å². The highest BCUT2D eigenvalue weighted by molar-refractivity contribution is 5.94. The van der Waals surface area contributed by atoms with Crippen LogP contribution in [-0.2, 0) is 24.0 Å². The van der Waals surface area contributed by atoms with Gasteiger partial charge in [-0.2, -0.15) is 0 Å². The van der Waals surface area contributed by atoms with Gasteiger partial charge >= 0.3 is 11.9 Å². The largest absolute Gasteiger partial charge is 0.481 e. The predicted molar refractivity (Wildman–Crippen MR) is 114 cm³/mol. The number of hydrogen-bond donors (Lipinski definition) is 7. The first kappa shape index (κ1) is 29.3. The van der Waals surface area contributed by atoms with E-state index >= 15 is 0 Å². The van der Waals surface area contributed by atoms with Crippen LogP contribution in [-0.4, -0.2) is 75.3 Å². The van der Waals surface area contributed by atoms with Gasteiger partial charge in [0.25, 0.3) is 0 Å². The van der Waals surface area contributed by atoms with Gasteiger partial charge in [0.05, 0.1) is 12.1 Å². The van der Waals surface area contributed by atoms with Gasteiger partial charge in [0, 0.05) is 6.42 Å². The van der Waals surface area contributed by atoms with Crippen molar-refractivity contribution in [3.63, 3.8) is 0 Å². The van der Waals surface area contributed by atoms with Crippen LogP contribution in [0.2, 0.25) is 0 Å². The Morgan fingerprint density at radius 2 is 1.28 bits per heavy atom. The summed E-state index contributed by atoms with van der Waals surface area (Å²) in [6, 6.07) is -4.87. The van der Waals surface area contributed by atoms with Crippen LogP contribution in [0.1, 0.15) is 53.9 Å². The number of carbonyl (C=O) groups is 5. The zero-order valence-corrected chi connectivity index (χ0v) is 19.1. The van der Waals surface area contributed by atoms with Gasteiger partial charge < -0.3 is 37.0 Å². The molecule has 12 nitrogen and oxygen atoms in total. The van der Waals surface area contributed by atoms with Gasteiger partial charge in [-0.05, 0) is 25.2 Å². The molecule has 8 N–H and O–H groups in total. The van der Waals surface area contributed by atoms with Crippen molar-refractivity contribution in [2.24, 2.45) is 17.6 Å². The van der Waals surface area contributed by atoms with E-state index in [1.165, 1.54) is 6.92 Å². The molecule has 0 aromatic carbocycles. The Morgan fingerprint density at radius 1 is 0.812 bits per heavy atom. The summed E-state index contributed by atoms with van der Waals surface area (Å²) in [6.45, 7) is 8.01. The van der Waals surface area contributed by atoms with Crippen LogP contribution in [0.25, 0.3) is 0 Å². The Kier molecular flexibility index (Phi) is 12.5. The molecule has 6 unspecified atom stereocenters. The smallest absolute Gasteiger partial charge is 0.328 e. The lowest BCUT2D eigenvalue weighted by molar-refractivity contribution is -0.145. The summed E-state index contributed by atoms with van der Waals surface area (Å²) in [6.07, 6.45) is -1.27. The number of amides is 3. The van der Waals surface area contributed by atoms with Crippen molar-refractivity contribution in [1.82, 2.24) is 16.0 Å².